The molecule has 1 saturated heterocycles. The average Bonchev–Trinajstić information content (AvgIpc) is 3.31. The van der Waals surface area contributed by atoms with Crippen LogP contribution >= 0.6 is 23.5 Å². The summed E-state index contributed by atoms with van der Waals surface area (Å²) in [6, 6.07) is 11.8. The lowest BCUT2D eigenvalue weighted by molar-refractivity contribution is 0.438. The van der Waals surface area contributed by atoms with Crippen LogP contribution in [0.5, 0.6) is 0 Å². The molecule has 3 rings (SSSR count). The Bertz CT molecular complexity index is 436. The molecule has 1 N–H and O–H groups in total. The van der Waals surface area contributed by atoms with Crippen molar-refractivity contribution in [2.24, 2.45) is 5.92 Å². The number of nitrogens with one attached hydrogen (secondary N) is 1. The number of thioether (sulfide) groups is 2. The molecule has 0 bridgehead atoms. The van der Waals surface area contributed by atoms with Crippen LogP contribution in [0.25, 0.3) is 0 Å². The third kappa shape index (κ3) is 3.80. The molecule has 116 valence electrons. The third-order valence-electron chi connectivity index (χ3n) is 4.75. The Hall–Kier alpha value is -0.120. The van der Waals surface area contributed by atoms with Crippen LogP contribution in [0.15, 0.2) is 30.3 Å². The van der Waals surface area contributed by atoms with Crippen LogP contribution in [-0.4, -0.2) is 34.6 Å². The van der Waals surface area contributed by atoms with E-state index in [9.17, 15) is 0 Å². The zero-order valence-corrected chi connectivity index (χ0v) is 14.8. The molecular weight excluding hydrogens is 294 g/mol. The second kappa shape index (κ2) is 7.43. The van der Waals surface area contributed by atoms with Crippen LogP contribution in [0.4, 0.5) is 0 Å². The van der Waals surface area contributed by atoms with Crippen molar-refractivity contribution in [3.63, 3.8) is 0 Å². The third-order valence-corrected chi connectivity index (χ3v) is 7.97. The number of benzene rings is 1. The second-order valence-electron chi connectivity index (χ2n) is 6.31. The summed E-state index contributed by atoms with van der Waals surface area (Å²) < 4.78 is 0. The molecule has 0 radical (unpaired) electrons. The summed E-state index contributed by atoms with van der Waals surface area (Å²) in [6.07, 6.45) is 2.61. The highest BCUT2D eigenvalue weighted by molar-refractivity contribution is 8.07. The lowest BCUT2D eigenvalue weighted by Crippen LogP contribution is -2.46. The van der Waals surface area contributed by atoms with Crippen molar-refractivity contribution >= 4 is 23.5 Å². The molecule has 2 aliphatic rings. The number of rotatable bonds is 6. The molecule has 1 aliphatic carbocycles. The summed E-state index contributed by atoms with van der Waals surface area (Å²) >= 11 is 4.38. The van der Waals surface area contributed by atoms with Gasteiger partial charge in [-0.15, -0.1) is 0 Å². The van der Waals surface area contributed by atoms with Crippen LogP contribution in [0.1, 0.15) is 38.2 Å². The van der Waals surface area contributed by atoms with Crippen molar-refractivity contribution in [2.75, 3.05) is 18.1 Å². The summed E-state index contributed by atoms with van der Waals surface area (Å²) in [6.45, 7) is 5.87. The summed E-state index contributed by atoms with van der Waals surface area (Å²) in [4.78, 5) is 0. The molecule has 0 amide bonds. The molecular formula is C18H27NS2. The highest BCUT2D eigenvalue weighted by Gasteiger charge is 2.47. The van der Waals surface area contributed by atoms with Gasteiger partial charge in [0.2, 0.25) is 0 Å². The van der Waals surface area contributed by atoms with Crippen molar-refractivity contribution in [3.05, 3.63) is 35.9 Å². The molecule has 1 aromatic rings. The highest BCUT2D eigenvalue weighted by Crippen LogP contribution is 2.52. The largest absolute Gasteiger partial charge is 0.313 e. The molecule has 21 heavy (non-hydrogen) atoms. The van der Waals surface area contributed by atoms with E-state index >= 15 is 0 Å². The maximum absolute atomic E-state index is 3.90. The highest BCUT2D eigenvalue weighted by atomic mass is 32.2. The number of hydrogen-bond acceptors (Lipinski definition) is 3. The van der Waals surface area contributed by atoms with Gasteiger partial charge in [0, 0.05) is 28.0 Å². The van der Waals surface area contributed by atoms with Gasteiger partial charge in [0.1, 0.15) is 0 Å². The maximum Gasteiger partial charge on any atom is 0.0320 e. The second-order valence-corrected chi connectivity index (χ2v) is 9.08. The summed E-state index contributed by atoms with van der Waals surface area (Å²) in [5.41, 5.74) is 1.55. The van der Waals surface area contributed by atoms with Gasteiger partial charge < -0.3 is 5.32 Å². The predicted octanol–water partition coefficient (Wildman–Crippen LogP) is 4.40. The molecule has 1 heterocycles. The van der Waals surface area contributed by atoms with E-state index in [2.05, 4.69) is 73.0 Å². The first kappa shape index (κ1) is 15.8. The fourth-order valence-corrected chi connectivity index (χ4v) is 6.58. The standard InChI is InChI=1S/C18H27NS2/c1-3-9-19-17(18-13(2)20-10-11-21-18)16-12-15(16)14-7-5-4-6-8-14/h4-8,13,15-19H,3,9-12H2,1-2H3. The first-order valence-corrected chi connectivity index (χ1v) is 10.4. The molecule has 1 aliphatic heterocycles. The van der Waals surface area contributed by atoms with Crippen LogP contribution < -0.4 is 5.32 Å². The summed E-state index contributed by atoms with van der Waals surface area (Å²) in [5.74, 6) is 4.29. The van der Waals surface area contributed by atoms with Gasteiger partial charge in [-0.25, -0.2) is 0 Å². The van der Waals surface area contributed by atoms with Crippen LogP contribution in [-0.2, 0) is 0 Å². The molecule has 5 unspecified atom stereocenters. The summed E-state index contributed by atoms with van der Waals surface area (Å²) in [5, 5.41) is 5.47. The Morgan fingerprint density at radius 3 is 2.67 bits per heavy atom. The van der Waals surface area contributed by atoms with Gasteiger partial charge in [-0.3, -0.25) is 0 Å². The van der Waals surface area contributed by atoms with Crippen molar-refractivity contribution in [2.45, 2.75) is 49.1 Å². The lowest BCUT2D eigenvalue weighted by atomic mass is 10.0. The van der Waals surface area contributed by atoms with Gasteiger partial charge >= 0.3 is 0 Å². The van der Waals surface area contributed by atoms with Crippen LogP contribution in [0.3, 0.4) is 0 Å². The van der Waals surface area contributed by atoms with Gasteiger partial charge in [-0.1, -0.05) is 44.2 Å². The Morgan fingerprint density at radius 1 is 1.19 bits per heavy atom. The van der Waals surface area contributed by atoms with E-state index in [-0.39, 0.29) is 0 Å². The topological polar surface area (TPSA) is 12.0 Å². The normalized spacial score (nSPS) is 33.6. The van der Waals surface area contributed by atoms with E-state index in [0.29, 0.717) is 6.04 Å². The minimum atomic E-state index is 0.697. The fraction of sp³-hybridized carbons (Fsp3) is 0.667. The molecule has 1 aromatic carbocycles. The Balaban J connectivity index is 1.68. The van der Waals surface area contributed by atoms with E-state index in [1.165, 1.54) is 24.3 Å². The minimum absolute atomic E-state index is 0.697. The molecule has 1 nitrogen and oxygen atoms in total. The van der Waals surface area contributed by atoms with E-state index in [4.69, 9.17) is 0 Å². The molecule has 2 fully saturated rings. The average molecular weight is 322 g/mol. The van der Waals surface area contributed by atoms with Crippen molar-refractivity contribution in [1.82, 2.24) is 5.32 Å². The zero-order valence-electron chi connectivity index (χ0n) is 13.1. The van der Waals surface area contributed by atoms with Crippen molar-refractivity contribution in [3.8, 4) is 0 Å². The number of hydrogen-bond donors (Lipinski definition) is 1. The smallest absolute Gasteiger partial charge is 0.0320 e. The van der Waals surface area contributed by atoms with Gasteiger partial charge in [0.25, 0.3) is 0 Å². The zero-order chi connectivity index (χ0) is 14.7. The fourth-order valence-electron chi connectivity index (χ4n) is 3.56. The van der Waals surface area contributed by atoms with Crippen LogP contribution in [0, 0.1) is 5.92 Å². The SMILES string of the molecule is CCCNC(C1CC1c1ccccc1)C1SCCSC1C. The Morgan fingerprint density at radius 2 is 1.95 bits per heavy atom. The lowest BCUT2D eigenvalue weighted by Gasteiger charge is -2.35. The van der Waals surface area contributed by atoms with E-state index < -0.39 is 0 Å². The first-order chi connectivity index (χ1) is 10.3. The molecule has 0 aromatic heterocycles. The van der Waals surface area contributed by atoms with Crippen LogP contribution in [0.2, 0.25) is 0 Å². The van der Waals surface area contributed by atoms with Gasteiger partial charge in [-0.2, -0.15) is 23.5 Å². The molecule has 3 heteroatoms. The van der Waals surface area contributed by atoms with Crippen molar-refractivity contribution in [1.29, 1.82) is 0 Å². The minimum Gasteiger partial charge on any atom is -0.313 e. The van der Waals surface area contributed by atoms with Crippen molar-refractivity contribution < 1.29 is 0 Å². The van der Waals surface area contributed by atoms with E-state index in [1.54, 1.807) is 5.56 Å². The van der Waals surface area contributed by atoms with E-state index in [0.717, 1.165) is 28.9 Å². The van der Waals surface area contributed by atoms with Gasteiger partial charge in [0.05, 0.1) is 0 Å². The van der Waals surface area contributed by atoms with Gasteiger partial charge in [-0.05, 0) is 36.8 Å². The monoisotopic (exact) mass is 321 g/mol. The predicted molar refractivity (Wildman–Crippen MR) is 97.5 cm³/mol. The van der Waals surface area contributed by atoms with Gasteiger partial charge in [0.15, 0.2) is 0 Å². The Kier molecular flexibility index (Phi) is 5.58. The first-order valence-electron chi connectivity index (χ1n) is 8.32. The molecule has 1 saturated carbocycles. The quantitative estimate of drug-likeness (QED) is 0.834. The Labute approximate surface area is 138 Å². The van der Waals surface area contributed by atoms with E-state index in [1.807, 2.05) is 0 Å². The summed E-state index contributed by atoms with van der Waals surface area (Å²) in [7, 11) is 0. The molecule has 0 spiro atoms. The maximum atomic E-state index is 3.90. The molecule has 5 atom stereocenters.